The lowest BCUT2D eigenvalue weighted by Gasteiger charge is -2.09. The van der Waals surface area contributed by atoms with Crippen LogP contribution in [0.4, 0.5) is 5.69 Å². The molecule has 0 aliphatic heterocycles. The smallest absolute Gasteiger partial charge is 0.306 e. The van der Waals surface area contributed by atoms with E-state index in [0.29, 0.717) is 28.8 Å². The van der Waals surface area contributed by atoms with Gasteiger partial charge in [0.25, 0.3) is 5.91 Å². The van der Waals surface area contributed by atoms with Crippen molar-refractivity contribution in [2.24, 2.45) is 5.92 Å². The first-order chi connectivity index (χ1) is 9.92. The summed E-state index contributed by atoms with van der Waals surface area (Å²) in [6.45, 7) is 3.74. The number of hydrogen-bond donors (Lipinski definition) is 1. The molecule has 5 nitrogen and oxygen atoms in total. The lowest BCUT2D eigenvalue weighted by Crippen LogP contribution is -2.21. The Labute approximate surface area is 129 Å². The van der Waals surface area contributed by atoms with Gasteiger partial charge in [0.05, 0.1) is 12.1 Å². The maximum absolute atomic E-state index is 11.7. The zero-order valence-electron chi connectivity index (χ0n) is 12.4. The monoisotopic (exact) mass is 313 g/mol. The number of ether oxygens (including phenoxy) is 2. The molecule has 6 heteroatoms. The number of hydrogen-bond acceptors (Lipinski definition) is 4. The summed E-state index contributed by atoms with van der Waals surface area (Å²) in [4.78, 5) is 23.1. The first-order valence-electron chi connectivity index (χ1n) is 6.71. The van der Waals surface area contributed by atoms with E-state index in [2.05, 4.69) is 5.32 Å². The van der Waals surface area contributed by atoms with E-state index in [1.54, 1.807) is 18.2 Å². The fourth-order valence-corrected chi connectivity index (χ4v) is 1.82. The summed E-state index contributed by atoms with van der Waals surface area (Å²) in [5, 5.41) is 2.99. The van der Waals surface area contributed by atoms with E-state index in [1.165, 1.54) is 7.11 Å². The average molecular weight is 314 g/mol. The Balaban J connectivity index is 2.40. The van der Waals surface area contributed by atoms with Crippen LogP contribution in [0.1, 0.15) is 26.7 Å². The van der Waals surface area contributed by atoms with Gasteiger partial charge in [-0.05, 0) is 30.5 Å². The number of anilines is 1. The topological polar surface area (TPSA) is 64.6 Å². The molecule has 0 spiro atoms. The maximum atomic E-state index is 11.7. The standard InChI is InChI=1S/C15H20ClNO4/c1-10(2)4-7-15(19)21-9-14(18)17-11-5-6-13(20-3)12(16)8-11/h5-6,8,10H,4,7,9H2,1-3H3,(H,17,18). The summed E-state index contributed by atoms with van der Waals surface area (Å²) in [6.07, 6.45) is 1.06. The van der Waals surface area contributed by atoms with E-state index in [4.69, 9.17) is 21.1 Å². The normalized spacial score (nSPS) is 10.3. The van der Waals surface area contributed by atoms with Crippen LogP contribution in [-0.2, 0) is 14.3 Å². The minimum absolute atomic E-state index is 0.305. The number of nitrogens with one attached hydrogen (secondary N) is 1. The van der Waals surface area contributed by atoms with Crippen LogP contribution in [0.25, 0.3) is 0 Å². The van der Waals surface area contributed by atoms with E-state index >= 15 is 0 Å². The summed E-state index contributed by atoms with van der Waals surface area (Å²) in [5.41, 5.74) is 0.518. The molecular weight excluding hydrogens is 294 g/mol. The molecule has 116 valence electrons. The van der Waals surface area contributed by atoms with Crippen molar-refractivity contribution in [3.05, 3.63) is 23.2 Å². The summed E-state index contributed by atoms with van der Waals surface area (Å²) in [5.74, 6) is 0.170. The van der Waals surface area contributed by atoms with Crippen molar-refractivity contribution in [3.63, 3.8) is 0 Å². The molecule has 0 saturated carbocycles. The SMILES string of the molecule is COc1ccc(NC(=O)COC(=O)CCC(C)C)cc1Cl. The number of esters is 1. The zero-order valence-corrected chi connectivity index (χ0v) is 13.2. The van der Waals surface area contributed by atoms with Gasteiger partial charge < -0.3 is 14.8 Å². The molecule has 0 aliphatic rings. The van der Waals surface area contributed by atoms with Crippen LogP contribution >= 0.6 is 11.6 Å². The second kappa shape index (κ2) is 8.52. The van der Waals surface area contributed by atoms with Gasteiger partial charge in [0.15, 0.2) is 6.61 Å². The lowest BCUT2D eigenvalue weighted by atomic mass is 10.1. The van der Waals surface area contributed by atoms with Crippen molar-refractivity contribution in [2.75, 3.05) is 19.0 Å². The molecule has 1 rings (SSSR count). The third-order valence-electron chi connectivity index (χ3n) is 2.73. The van der Waals surface area contributed by atoms with Gasteiger partial charge in [-0.15, -0.1) is 0 Å². The van der Waals surface area contributed by atoms with E-state index in [1.807, 2.05) is 13.8 Å². The maximum Gasteiger partial charge on any atom is 0.306 e. The minimum atomic E-state index is -0.408. The molecule has 1 N–H and O–H groups in total. The van der Waals surface area contributed by atoms with E-state index < -0.39 is 5.91 Å². The van der Waals surface area contributed by atoms with Gasteiger partial charge in [0.1, 0.15) is 5.75 Å². The van der Waals surface area contributed by atoms with Crippen molar-refractivity contribution < 1.29 is 19.1 Å². The second-order valence-electron chi connectivity index (χ2n) is 4.99. The van der Waals surface area contributed by atoms with Crippen LogP contribution in [0.2, 0.25) is 5.02 Å². The first-order valence-corrected chi connectivity index (χ1v) is 7.09. The van der Waals surface area contributed by atoms with Gasteiger partial charge in [-0.25, -0.2) is 0 Å². The van der Waals surface area contributed by atoms with Crippen LogP contribution < -0.4 is 10.1 Å². The summed E-state index contributed by atoms with van der Waals surface area (Å²) < 4.78 is 9.91. The van der Waals surface area contributed by atoms with Crippen LogP contribution in [0.15, 0.2) is 18.2 Å². The molecule has 21 heavy (non-hydrogen) atoms. The van der Waals surface area contributed by atoms with Gasteiger partial charge in [-0.2, -0.15) is 0 Å². The highest BCUT2D eigenvalue weighted by molar-refractivity contribution is 6.32. The van der Waals surface area contributed by atoms with Gasteiger partial charge in [-0.3, -0.25) is 9.59 Å². The Morgan fingerprint density at radius 3 is 2.62 bits per heavy atom. The number of carbonyl (C=O) groups excluding carboxylic acids is 2. The number of benzene rings is 1. The molecule has 0 saturated heterocycles. The molecule has 0 bridgehead atoms. The van der Waals surface area contributed by atoms with Crippen molar-refractivity contribution in [2.45, 2.75) is 26.7 Å². The molecule has 0 unspecified atom stereocenters. The molecule has 0 heterocycles. The molecule has 0 radical (unpaired) electrons. The molecule has 0 fully saturated rings. The molecule has 0 atom stereocenters. The average Bonchev–Trinajstić information content (AvgIpc) is 2.43. The largest absolute Gasteiger partial charge is 0.495 e. The van der Waals surface area contributed by atoms with Crippen molar-refractivity contribution in [3.8, 4) is 5.75 Å². The van der Waals surface area contributed by atoms with Crippen molar-refractivity contribution in [1.29, 1.82) is 0 Å². The predicted molar refractivity (Wildman–Crippen MR) is 81.7 cm³/mol. The fourth-order valence-electron chi connectivity index (χ4n) is 1.57. The van der Waals surface area contributed by atoms with Crippen LogP contribution in [0.3, 0.4) is 0 Å². The molecule has 0 aliphatic carbocycles. The Bertz CT molecular complexity index is 502. The number of amides is 1. The van der Waals surface area contributed by atoms with Crippen molar-refractivity contribution >= 4 is 29.2 Å². The minimum Gasteiger partial charge on any atom is -0.495 e. The van der Waals surface area contributed by atoms with Crippen molar-refractivity contribution in [1.82, 2.24) is 0 Å². The highest BCUT2D eigenvalue weighted by atomic mass is 35.5. The number of rotatable bonds is 7. The van der Waals surface area contributed by atoms with Crippen LogP contribution in [0, 0.1) is 5.92 Å². The van der Waals surface area contributed by atoms with Crippen LogP contribution in [0.5, 0.6) is 5.75 Å². The van der Waals surface area contributed by atoms with Gasteiger partial charge in [0.2, 0.25) is 0 Å². The van der Waals surface area contributed by atoms with Gasteiger partial charge >= 0.3 is 5.97 Å². The van der Waals surface area contributed by atoms with Gasteiger partial charge in [0, 0.05) is 12.1 Å². The third-order valence-corrected chi connectivity index (χ3v) is 3.02. The van der Waals surface area contributed by atoms with E-state index in [9.17, 15) is 9.59 Å². The molecule has 1 aromatic carbocycles. The second-order valence-corrected chi connectivity index (χ2v) is 5.40. The zero-order chi connectivity index (χ0) is 15.8. The van der Waals surface area contributed by atoms with E-state index in [0.717, 1.165) is 6.42 Å². The van der Waals surface area contributed by atoms with E-state index in [-0.39, 0.29) is 12.6 Å². The number of halogens is 1. The highest BCUT2D eigenvalue weighted by Crippen LogP contribution is 2.27. The van der Waals surface area contributed by atoms with Gasteiger partial charge in [-0.1, -0.05) is 25.4 Å². The Kier molecular flexibility index (Phi) is 7.02. The fraction of sp³-hybridized carbons (Fsp3) is 0.467. The summed E-state index contributed by atoms with van der Waals surface area (Å²) in [6, 6.07) is 4.87. The molecule has 1 aromatic rings. The quantitative estimate of drug-likeness (QED) is 0.785. The molecular formula is C15H20ClNO4. The third kappa shape index (κ3) is 6.49. The number of methoxy groups -OCH3 is 1. The Hall–Kier alpha value is -1.75. The molecule has 0 aromatic heterocycles. The Morgan fingerprint density at radius 2 is 2.05 bits per heavy atom. The number of carbonyl (C=O) groups is 2. The van der Waals surface area contributed by atoms with Crippen LogP contribution in [-0.4, -0.2) is 25.6 Å². The summed E-state index contributed by atoms with van der Waals surface area (Å²) in [7, 11) is 1.51. The lowest BCUT2D eigenvalue weighted by molar-refractivity contribution is -0.147. The molecule has 1 amide bonds. The highest BCUT2D eigenvalue weighted by Gasteiger charge is 2.09. The summed E-state index contributed by atoms with van der Waals surface area (Å²) >= 11 is 5.95. The first kappa shape index (κ1) is 17.3. The predicted octanol–water partition coefficient (Wildman–Crippen LogP) is 3.27. The Morgan fingerprint density at radius 1 is 1.33 bits per heavy atom.